The van der Waals surface area contributed by atoms with Crippen LogP contribution in [0.15, 0.2) is 4.99 Å². The largest absolute Gasteiger partial charge is 0.444 e. The van der Waals surface area contributed by atoms with Gasteiger partial charge in [0.1, 0.15) is 11.7 Å². The number of rotatable bonds is 6. The first-order valence-corrected chi connectivity index (χ1v) is 10.9. The number of nitrogens with zero attached hydrogens (tertiary/aromatic N) is 2. The Kier molecular flexibility index (Phi) is 11.1. The predicted octanol–water partition coefficient (Wildman–Crippen LogP) is 3.14. The van der Waals surface area contributed by atoms with Crippen molar-refractivity contribution in [3.63, 3.8) is 0 Å². The number of amides is 1. The van der Waals surface area contributed by atoms with E-state index in [1.807, 2.05) is 20.8 Å². The molecular formula is C21H41IN4O4. The van der Waals surface area contributed by atoms with Crippen LogP contribution in [0.4, 0.5) is 4.79 Å². The van der Waals surface area contributed by atoms with Crippen molar-refractivity contribution in [2.24, 2.45) is 4.99 Å². The van der Waals surface area contributed by atoms with E-state index < -0.39 is 11.1 Å². The number of guanidine groups is 1. The molecule has 2 unspecified atom stereocenters. The van der Waals surface area contributed by atoms with Gasteiger partial charge in [-0.3, -0.25) is 4.99 Å². The molecule has 0 aromatic rings. The zero-order chi connectivity index (χ0) is 21.5. The van der Waals surface area contributed by atoms with Gasteiger partial charge in [-0.05, 0) is 46.5 Å². The summed E-state index contributed by atoms with van der Waals surface area (Å²) in [4.78, 5) is 19.1. The number of nitrogens with one attached hydrogen (secondary N) is 2. The third-order valence-corrected chi connectivity index (χ3v) is 5.69. The number of hydrogen-bond acceptors (Lipinski definition) is 5. The van der Waals surface area contributed by atoms with Crippen molar-refractivity contribution in [1.29, 1.82) is 0 Å². The Morgan fingerprint density at radius 3 is 2.37 bits per heavy atom. The quantitative estimate of drug-likeness (QED) is 0.306. The fourth-order valence-electron chi connectivity index (χ4n) is 3.81. The minimum absolute atomic E-state index is 0. The van der Waals surface area contributed by atoms with Crippen molar-refractivity contribution in [2.45, 2.75) is 83.6 Å². The second-order valence-electron chi connectivity index (χ2n) is 8.92. The fourth-order valence-corrected chi connectivity index (χ4v) is 3.81. The molecule has 0 radical (unpaired) electrons. The van der Waals surface area contributed by atoms with Gasteiger partial charge in [0.2, 0.25) is 0 Å². The maximum atomic E-state index is 12.4. The summed E-state index contributed by atoms with van der Waals surface area (Å²) in [6.45, 7) is 13.4. The van der Waals surface area contributed by atoms with E-state index >= 15 is 0 Å². The van der Waals surface area contributed by atoms with Gasteiger partial charge in [0.15, 0.2) is 5.96 Å². The molecule has 0 spiro atoms. The standard InChI is InChI=1S/C21H40N4O4.HI/c1-7-21(8-2,24-19(26)29-20(3,4)5)15-23-18(22-6)25-11-13-28-17(14-25)16-10-9-12-27-16;/h16-17H,7-15H2,1-6H3,(H,22,23)(H,24,26);1H. The second kappa shape index (κ2) is 12.3. The SMILES string of the molecule is CCC(CC)(CNC(=NC)N1CCOC(C2CCCO2)C1)NC(=O)OC(C)(C)C.I. The van der Waals surface area contributed by atoms with Crippen LogP contribution >= 0.6 is 24.0 Å². The molecule has 2 aliphatic heterocycles. The fraction of sp³-hybridized carbons (Fsp3) is 0.905. The first kappa shape index (κ1) is 27.2. The van der Waals surface area contributed by atoms with Gasteiger partial charge in [-0.15, -0.1) is 24.0 Å². The molecule has 8 nitrogen and oxygen atoms in total. The van der Waals surface area contributed by atoms with Gasteiger partial charge < -0.3 is 29.7 Å². The van der Waals surface area contributed by atoms with E-state index in [0.717, 1.165) is 51.3 Å². The molecule has 0 bridgehead atoms. The van der Waals surface area contributed by atoms with Crippen LogP contribution in [-0.2, 0) is 14.2 Å². The van der Waals surface area contributed by atoms with Crippen molar-refractivity contribution < 1.29 is 19.0 Å². The molecule has 0 aliphatic carbocycles. The van der Waals surface area contributed by atoms with Crippen LogP contribution in [0, 0.1) is 0 Å². The normalized spacial score (nSPS) is 23.0. The van der Waals surface area contributed by atoms with Crippen molar-refractivity contribution in [3.8, 4) is 0 Å². The number of aliphatic imine (C=N–C) groups is 1. The topological polar surface area (TPSA) is 84.4 Å². The van der Waals surface area contributed by atoms with Gasteiger partial charge in [-0.25, -0.2) is 4.79 Å². The molecule has 30 heavy (non-hydrogen) atoms. The van der Waals surface area contributed by atoms with E-state index in [1.165, 1.54) is 0 Å². The molecule has 2 saturated heterocycles. The van der Waals surface area contributed by atoms with E-state index in [9.17, 15) is 4.79 Å². The highest BCUT2D eigenvalue weighted by molar-refractivity contribution is 14.0. The number of carbonyl (C=O) groups is 1. The van der Waals surface area contributed by atoms with Crippen molar-refractivity contribution in [1.82, 2.24) is 15.5 Å². The number of morpholine rings is 1. The molecular weight excluding hydrogens is 499 g/mol. The molecule has 2 atom stereocenters. The van der Waals surface area contributed by atoms with Crippen molar-refractivity contribution >= 4 is 36.0 Å². The molecule has 2 fully saturated rings. The Labute approximate surface area is 198 Å². The smallest absolute Gasteiger partial charge is 0.408 e. The van der Waals surface area contributed by atoms with E-state index in [0.29, 0.717) is 13.2 Å². The third-order valence-electron chi connectivity index (χ3n) is 5.69. The molecule has 2 aliphatic rings. The Hall–Kier alpha value is -0.810. The summed E-state index contributed by atoms with van der Waals surface area (Å²) >= 11 is 0. The van der Waals surface area contributed by atoms with Crippen molar-refractivity contribution in [3.05, 3.63) is 0 Å². The number of ether oxygens (including phenoxy) is 3. The van der Waals surface area contributed by atoms with E-state index in [1.54, 1.807) is 7.05 Å². The van der Waals surface area contributed by atoms with Gasteiger partial charge in [0.05, 0.1) is 18.2 Å². The summed E-state index contributed by atoms with van der Waals surface area (Å²) in [5, 5.41) is 6.55. The van der Waals surface area contributed by atoms with E-state index in [-0.39, 0.29) is 42.3 Å². The monoisotopic (exact) mass is 540 g/mol. The number of carbonyl (C=O) groups excluding carboxylic acids is 1. The lowest BCUT2D eigenvalue weighted by molar-refractivity contribution is -0.0817. The zero-order valence-electron chi connectivity index (χ0n) is 19.5. The number of hydrogen-bond donors (Lipinski definition) is 2. The molecule has 1 amide bonds. The van der Waals surface area contributed by atoms with Crippen LogP contribution in [-0.4, -0.2) is 80.2 Å². The Bertz CT molecular complexity index is 558. The van der Waals surface area contributed by atoms with Gasteiger partial charge >= 0.3 is 6.09 Å². The Morgan fingerprint density at radius 1 is 1.17 bits per heavy atom. The first-order valence-electron chi connectivity index (χ1n) is 10.9. The molecule has 2 heterocycles. The van der Waals surface area contributed by atoms with Crippen LogP contribution in [0.3, 0.4) is 0 Å². The second-order valence-corrected chi connectivity index (χ2v) is 8.92. The molecule has 9 heteroatoms. The Morgan fingerprint density at radius 2 is 1.83 bits per heavy atom. The van der Waals surface area contributed by atoms with Gasteiger partial charge in [0, 0.05) is 33.3 Å². The minimum atomic E-state index is -0.522. The third kappa shape index (κ3) is 8.03. The summed E-state index contributed by atoms with van der Waals surface area (Å²) in [6.07, 6.45) is 3.59. The lowest BCUT2D eigenvalue weighted by Gasteiger charge is -2.39. The van der Waals surface area contributed by atoms with Gasteiger partial charge in [-0.2, -0.15) is 0 Å². The molecule has 2 rings (SSSR count). The average Bonchev–Trinajstić information content (AvgIpc) is 3.21. The predicted molar refractivity (Wildman–Crippen MR) is 130 cm³/mol. The number of halogens is 1. The highest BCUT2D eigenvalue weighted by Gasteiger charge is 2.34. The summed E-state index contributed by atoms with van der Waals surface area (Å²) in [7, 11) is 1.79. The number of alkyl carbamates (subject to hydrolysis) is 1. The van der Waals surface area contributed by atoms with Crippen LogP contribution in [0.25, 0.3) is 0 Å². The van der Waals surface area contributed by atoms with Crippen LogP contribution in [0.1, 0.15) is 60.3 Å². The van der Waals surface area contributed by atoms with Crippen LogP contribution < -0.4 is 10.6 Å². The molecule has 0 saturated carbocycles. The van der Waals surface area contributed by atoms with Gasteiger partial charge in [0.25, 0.3) is 0 Å². The Balaban J connectivity index is 0.00000450. The zero-order valence-corrected chi connectivity index (χ0v) is 21.8. The van der Waals surface area contributed by atoms with Crippen LogP contribution in [0.2, 0.25) is 0 Å². The maximum Gasteiger partial charge on any atom is 0.408 e. The summed E-state index contributed by atoms with van der Waals surface area (Å²) < 4.78 is 17.2. The minimum Gasteiger partial charge on any atom is -0.444 e. The molecule has 176 valence electrons. The molecule has 0 aromatic carbocycles. The average molecular weight is 540 g/mol. The van der Waals surface area contributed by atoms with Gasteiger partial charge in [-0.1, -0.05) is 13.8 Å². The first-order chi connectivity index (χ1) is 13.7. The summed E-state index contributed by atoms with van der Waals surface area (Å²) in [5.41, 5.74) is -0.926. The lowest BCUT2D eigenvalue weighted by Crippen LogP contribution is -2.59. The maximum absolute atomic E-state index is 12.4. The summed E-state index contributed by atoms with van der Waals surface area (Å²) in [5.74, 6) is 0.827. The molecule has 2 N–H and O–H groups in total. The lowest BCUT2D eigenvalue weighted by atomic mass is 9.93. The summed E-state index contributed by atoms with van der Waals surface area (Å²) in [6, 6.07) is 0. The van der Waals surface area contributed by atoms with E-state index in [4.69, 9.17) is 14.2 Å². The van der Waals surface area contributed by atoms with Crippen molar-refractivity contribution in [2.75, 3.05) is 39.9 Å². The van der Waals surface area contributed by atoms with Crippen LogP contribution in [0.5, 0.6) is 0 Å². The molecule has 0 aromatic heterocycles. The highest BCUT2D eigenvalue weighted by atomic mass is 127. The highest BCUT2D eigenvalue weighted by Crippen LogP contribution is 2.21. The van der Waals surface area contributed by atoms with E-state index in [2.05, 4.69) is 34.4 Å².